The zero-order chi connectivity index (χ0) is 20.1. The Labute approximate surface area is 173 Å². The summed E-state index contributed by atoms with van der Waals surface area (Å²) in [5.74, 6) is 0.672. The largest absolute Gasteiger partial charge is 0.490 e. The summed E-state index contributed by atoms with van der Waals surface area (Å²) in [6, 6.07) is 20.3. The summed E-state index contributed by atoms with van der Waals surface area (Å²) in [6.45, 7) is 1.37. The maximum atomic E-state index is 12.4. The molecule has 3 aromatic rings. The number of anilines is 1. The molecule has 1 saturated heterocycles. The minimum atomic E-state index is -0.150. The summed E-state index contributed by atoms with van der Waals surface area (Å²) in [5, 5.41) is 4.83. The van der Waals surface area contributed by atoms with Crippen molar-refractivity contribution in [3.8, 4) is 5.75 Å². The van der Waals surface area contributed by atoms with Gasteiger partial charge in [0, 0.05) is 43.2 Å². The number of hydrogen-bond donors (Lipinski definition) is 1. The maximum Gasteiger partial charge on any atom is 0.263 e. The fraction of sp³-hybridized carbons (Fsp3) is 0.217. The SMILES string of the molecule is O=C(Nc1cccc(OC2CCN(C(=O)c3cccs3)CC2)c1)c1ccccc1. The van der Waals surface area contributed by atoms with E-state index in [1.165, 1.54) is 11.3 Å². The van der Waals surface area contributed by atoms with Crippen molar-refractivity contribution in [1.82, 2.24) is 4.90 Å². The van der Waals surface area contributed by atoms with E-state index in [-0.39, 0.29) is 17.9 Å². The Kier molecular flexibility index (Phi) is 5.91. The molecule has 0 atom stereocenters. The fourth-order valence-electron chi connectivity index (χ4n) is 3.37. The molecule has 0 saturated carbocycles. The Bertz CT molecular complexity index is 965. The summed E-state index contributed by atoms with van der Waals surface area (Å²) in [4.78, 5) is 27.4. The van der Waals surface area contributed by atoms with Crippen molar-refractivity contribution < 1.29 is 14.3 Å². The van der Waals surface area contributed by atoms with Crippen molar-refractivity contribution in [2.75, 3.05) is 18.4 Å². The number of carbonyl (C=O) groups is 2. The summed E-state index contributed by atoms with van der Waals surface area (Å²) in [5.41, 5.74) is 1.31. The molecule has 29 heavy (non-hydrogen) atoms. The molecule has 2 aromatic carbocycles. The van der Waals surface area contributed by atoms with Crippen molar-refractivity contribution in [3.05, 3.63) is 82.6 Å². The molecule has 0 unspecified atom stereocenters. The van der Waals surface area contributed by atoms with Crippen LogP contribution in [0.2, 0.25) is 0 Å². The first-order chi connectivity index (χ1) is 14.2. The van der Waals surface area contributed by atoms with Crippen LogP contribution in [0.25, 0.3) is 0 Å². The Hall–Kier alpha value is -3.12. The first-order valence-corrected chi connectivity index (χ1v) is 10.5. The first-order valence-electron chi connectivity index (χ1n) is 9.65. The van der Waals surface area contributed by atoms with Crippen molar-refractivity contribution >= 4 is 28.8 Å². The third-order valence-corrected chi connectivity index (χ3v) is 5.75. The Morgan fingerprint density at radius 2 is 1.76 bits per heavy atom. The number of piperidine rings is 1. The normalized spacial score (nSPS) is 14.4. The number of thiophene rings is 1. The van der Waals surface area contributed by atoms with E-state index in [4.69, 9.17) is 4.74 Å². The van der Waals surface area contributed by atoms with Gasteiger partial charge in [0.2, 0.25) is 0 Å². The Morgan fingerprint density at radius 1 is 0.966 bits per heavy atom. The molecule has 0 spiro atoms. The molecular formula is C23H22N2O3S. The average molecular weight is 407 g/mol. The van der Waals surface area contributed by atoms with Crippen LogP contribution < -0.4 is 10.1 Å². The lowest BCUT2D eigenvalue weighted by atomic mass is 10.1. The zero-order valence-electron chi connectivity index (χ0n) is 15.9. The minimum Gasteiger partial charge on any atom is -0.490 e. The molecule has 0 aliphatic carbocycles. The number of benzene rings is 2. The average Bonchev–Trinajstić information content (AvgIpc) is 3.30. The van der Waals surface area contributed by atoms with E-state index in [2.05, 4.69) is 5.32 Å². The van der Waals surface area contributed by atoms with E-state index in [0.29, 0.717) is 24.3 Å². The van der Waals surface area contributed by atoms with Gasteiger partial charge in [0.15, 0.2) is 0 Å². The molecule has 2 heterocycles. The monoisotopic (exact) mass is 406 g/mol. The minimum absolute atomic E-state index is 0.0578. The molecule has 1 N–H and O–H groups in total. The van der Waals surface area contributed by atoms with Crippen LogP contribution in [-0.4, -0.2) is 35.9 Å². The third-order valence-electron chi connectivity index (χ3n) is 4.89. The van der Waals surface area contributed by atoms with Crippen molar-refractivity contribution in [2.45, 2.75) is 18.9 Å². The first kappa shape index (κ1) is 19.2. The van der Waals surface area contributed by atoms with Gasteiger partial charge in [-0.2, -0.15) is 0 Å². The second-order valence-corrected chi connectivity index (χ2v) is 7.88. The predicted molar refractivity (Wildman–Crippen MR) is 115 cm³/mol. The number of carbonyl (C=O) groups excluding carboxylic acids is 2. The van der Waals surface area contributed by atoms with Gasteiger partial charge < -0.3 is 15.0 Å². The van der Waals surface area contributed by atoms with Crippen LogP contribution in [0.3, 0.4) is 0 Å². The summed E-state index contributed by atoms with van der Waals surface area (Å²) < 4.78 is 6.12. The van der Waals surface area contributed by atoms with Crippen LogP contribution in [-0.2, 0) is 0 Å². The second kappa shape index (κ2) is 8.92. The number of rotatable bonds is 5. The van der Waals surface area contributed by atoms with E-state index in [9.17, 15) is 9.59 Å². The quantitative estimate of drug-likeness (QED) is 0.669. The van der Waals surface area contributed by atoms with Gasteiger partial charge in [-0.1, -0.05) is 30.3 Å². The number of hydrogen-bond acceptors (Lipinski definition) is 4. The molecule has 1 fully saturated rings. The van der Waals surface area contributed by atoms with Crippen LogP contribution >= 0.6 is 11.3 Å². The number of amides is 2. The lowest BCUT2D eigenvalue weighted by molar-refractivity contribution is 0.0600. The molecule has 1 aromatic heterocycles. The molecule has 1 aliphatic rings. The van der Waals surface area contributed by atoms with Gasteiger partial charge >= 0.3 is 0 Å². The van der Waals surface area contributed by atoms with Gasteiger partial charge in [0.1, 0.15) is 11.9 Å². The highest BCUT2D eigenvalue weighted by molar-refractivity contribution is 7.12. The maximum absolute atomic E-state index is 12.4. The van der Waals surface area contributed by atoms with Crippen LogP contribution in [0.5, 0.6) is 5.75 Å². The lowest BCUT2D eigenvalue weighted by Gasteiger charge is -2.32. The van der Waals surface area contributed by atoms with Gasteiger partial charge in [-0.25, -0.2) is 0 Å². The zero-order valence-corrected chi connectivity index (χ0v) is 16.7. The molecular weight excluding hydrogens is 384 g/mol. The number of nitrogens with one attached hydrogen (secondary N) is 1. The molecule has 4 rings (SSSR count). The molecule has 148 valence electrons. The van der Waals surface area contributed by atoms with Crippen LogP contribution in [0.15, 0.2) is 72.1 Å². The number of likely N-dealkylation sites (tertiary alicyclic amines) is 1. The summed E-state index contributed by atoms with van der Waals surface area (Å²) in [6.07, 6.45) is 1.64. The Morgan fingerprint density at radius 3 is 2.48 bits per heavy atom. The second-order valence-electron chi connectivity index (χ2n) is 6.93. The van der Waals surface area contributed by atoms with E-state index in [1.54, 1.807) is 12.1 Å². The van der Waals surface area contributed by atoms with Crippen molar-refractivity contribution in [2.24, 2.45) is 0 Å². The van der Waals surface area contributed by atoms with Crippen LogP contribution in [0, 0.1) is 0 Å². The highest BCUT2D eigenvalue weighted by atomic mass is 32.1. The summed E-state index contributed by atoms with van der Waals surface area (Å²) in [7, 11) is 0. The fourth-order valence-corrected chi connectivity index (χ4v) is 4.06. The molecule has 5 nitrogen and oxygen atoms in total. The number of nitrogens with zero attached hydrogens (tertiary/aromatic N) is 1. The number of ether oxygens (including phenoxy) is 1. The lowest BCUT2D eigenvalue weighted by Crippen LogP contribution is -2.41. The van der Waals surface area contributed by atoms with Crippen LogP contribution in [0.4, 0.5) is 5.69 Å². The van der Waals surface area contributed by atoms with Crippen LogP contribution in [0.1, 0.15) is 32.9 Å². The molecule has 0 radical (unpaired) electrons. The predicted octanol–water partition coefficient (Wildman–Crippen LogP) is 4.68. The van der Waals surface area contributed by atoms with E-state index in [1.807, 2.05) is 64.9 Å². The molecule has 2 amide bonds. The van der Waals surface area contributed by atoms with E-state index >= 15 is 0 Å². The smallest absolute Gasteiger partial charge is 0.263 e. The third kappa shape index (κ3) is 4.84. The van der Waals surface area contributed by atoms with Gasteiger partial charge in [-0.15, -0.1) is 11.3 Å². The van der Waals surface area contributed by atoms with Gasteiger partial charge in [0.05, 0.1) is 4.88 Å². The van der Waals surface area contributed by atoms with Crippen molar-refractivity contribution in [1.29, 1.82) is 0 Å². The molecule has 6 heteroatoms. The topological polar surface area (TPSA) is 58.6 Å². The van der Waals surface area contributed by atoms with Gasteiger partial charge in [-0.05, 0) is 35.7 Å². The van der Waals surface area contributed by atoms with Crippen molar-refractivity contribution in [3.63, 3.8) is 0 Å². The highest BCUT2D eigenvalue weighted by Gasteiger charge is 2.25. The highest BCUT2D eigenvalue weighted by Crippen LogP contribution is 2.24. The van der Waals surface area contributed by atoms with Gasteiger partial charge in [0.25, 0.3) is 11.8 Å². The molecule has 1 aliphatic heterocycles. The van der Waals surface area contributed by atoms with E-state index in [0.717, 1.165) is 23.5 Å². The van der Waals surface area contributed by atoms with E-state index < -0.39 is 0 Å². The van der Waals surface area contributed by atoms with Gasteiger partial charge in [-0.3, -0.25) is 9.59 Å². The molecule has 0 bridgehead atoms. The Balaban J connectivity index is 1.32. The summed E-state index contributed by atoms with van der Waals surface area (Å²) >= 11 is 1.48. The standard InChI is InChI=1S/C23H22N2O3S/c26-22(17-6-2-1-3-7-17)24-18-8-4-9-20(16-18)28-19-11-13-25(14-12-19)23(27)21-10-5-15-29-21/h1-10,15-16,19H,11-14H2,(H,24,26).